The zero-order valence-electron chi connectivity index (χ0n) is 13.6. The third-order valence-electron chi connectivity index (χ3n) is 4.81. The highest BCUT2D eigenvalue weighted by Crippen LogP contribution is 2.47. The first kappa shape index (κ1) is 15.7. The number of hydrogen-bond acceptors (Lipinski definition) is 4. The Balaban J connectivity index is 1.49. The minimum absolute atomic E-state index is 0.0240. The summed E-state index contributed by atoms with van der Waals surface area (Å²) in [7, 11) is 0. The molecule has 2 heterocycles. The van der Waals surface area contributed by atoms with E-state index in [1.54, 1.807) is 16.9 Å². The highest BCUT2D eigenvalue weighted by Gasteiger charge is 2.43. The maximum absolute atomic E-state index is 10.8. The normalized spacial score (nSPS) is 15.2. The molecule has 0 aliphatic heterocycles. The number of carboxylic acids is 1. The van der Waals surface area contributed by atoms with Gasteiger partial charge in [0.2, 0.25) is 5.76 Å². The lowest BCUT2D eigenvalue weighted by Crippen LogP contribution is -2.11. The Bertz CT molecular complexity index is 904. The van der Waals surface area contributed by atoms with Gasteiger partial charge in [0.15, 0.2) is 0 Å². The second kappa shape index (κ2) is 5.89. The van der Waals surface area contributed by atoms with Gasteiger partial charge in [-0.2, -0.15) is 5.10 Å². The van der Waals surface area contributed by atoms with Crippen LogP contribution >= 0.6 is 0 Å². The SMILES string of the molecule is O=C(O)c1ccc(Cn2cc(-c3ccc(C4(CO)CC4)cc3)cn2)o1. The molecule has 25 heavy (non-hydrogen) atoms. The van der Waals surface area contributed by atoms with E-state index >= 15 is 0 Å². The van der Waals surface area contributed by atoms with Crippen LogP contribution in [0, 0.1) is 0 Å². The first-order valence-electron chi connectivity index (χ1n) is 8.16. The van der Waals surface area contributed by atoms with Crippen molar-refractivity contribution in [3.05, 3.63) is 65.9 Å². The quantitative estimate of drug-likeness (QED) is 0.721. The van der Waals surface area contributed by atoms with Gasteiger partial charge in [0, 0.05) is 17.2 Å². The monoisotopic (exact) mass is 338 g/mol. The number of aromatic nitrogens is 2. The largest absolute Gasteiger partial charge is 0.475 e. The number of furan rings is 1. The predicted molar refractivity (Wildman–Crippen MR) is 90.4 cm³/mol. The summed E-state index contributed by atoms with van der Waals surface area (Å²) in [4.78, 5) is 10.8. The molecule has 0 spiro atoms. The highest BCUT2D eigenvalue weighted by molar-refractivity contribution is 5.84. The van der Waals surface area contributed by atoms with E-state index in [0.717, 1.165) is 24.0 Å². The van der Waals surface area contributed by atoms with Crippen molar-refractivity contribution < 1.29 is 19.4 Å². The van der Waals surface area contributed by atoms with Crippen LogP contribution in [0.4, 0.5) is 0 Å². The van der Waals surface area contributed by atoms with E-state index in [0.29, 0.717) is 12.3 Å². The van der Waals surface area contributed by atoms with Crippen LogP contribution in [0.2, 0.25) is 0 Å². The number of aliphatic hydroxyl groups excluding tert-OH is 1. The molecule has 3 aromatic rings. The molecule has 4 rings (SSSR count). The van der Waals surface area contributed by atoms with Gasteiger partial charge in [0.25, 0.3) is 0 Å². The van der Waals surface area contributed by atoms with Crippen molar-refractivity contribution in [3.8, 4) is 11.1 Å². The molecular weight excluding hydrogens is 320 g/mol. The van der Waals surface area contributed by atoms with Crippen molar-refractivity contribution in [2.24, 2.45) is 0 Å². The zero-order valence-corrected chi connectivity index (χ0v) is 13.6. The summed E-state index contributed by atoms with van der Waals surface area (Å²) in [6.45, 7) is 0.574. The molecule has 0 saturated heterocycles. The molecule has 2 aromatic heterocycles. The van der Waals surface area contributed by atoms with Crippen LogP contribution in [0.1, 0.15) is 34.7 Å². The molecule has 1 aliphatic carbocycles. The summed E-state index contributed by atoms with van der Waals surface area (Å²) in [5.74, 6) is -0.610. The molecule has 6 nitrogen and oxygen atoms in total. The Labute approximate surface area is 144 Å². The standard InChI is InChI=1S/C19H18N2O4/c22-12-19(7-8-19)15-3-1-13(2-4-15)14-9-20-21(10-14)11-16-5-6-17(25-16)18(23)24/h1-6,9-10,22H,7-8,11-12H2,(H,23,24). The number of hydrogen-bond donors (Lipinski definition) is 2. The van der Waals surface area contributed by atoms with Crippen molar-refractivity contribution in [3.63, 3.8) is 0 Å². The van der Waals surface area contributed by atoms with Crippen LogP contribution in [-0.4, -0.2) is 32.6 Å². The Morgan fingerprint density at radius 2 is 1.92 bits per heavy atom. The van der Waals surface area contributed by atoms with Crippen LogP contribution in [0.25, 0.3) is 11.1 Å². The van der Waals surface area contributed by atoms with Gasteiger partial charge in [-0.1, -0.05) is 24.3 Å². The van der Waals surface area contributed by atoms with E-state index in [-0.39, 0.29) is 17.8 Å². The Morgan fingerprint density at radius 1 is 1.16 bits per heavy atom. The van der Waals surface area contributed by atoms with Gasteiger partial charge in [-0.05, 0) is 36.1 Å². The molecule has 0 unspecified atom stereocenters. The Hall–Kier alpha value is -2.86. The van der Waals surface area contributed by atoms with E-state index in [2.05, 4.69) is 17.2 Å². The Kier molecular flexibility index (Phi) is 3.69. The zero-order chi connectivity index (χ0) is 17.4. The minimum atomic E-state index is -1.08. The third-order valence-corrected chi connectivity index (χ3v) is 4.81. The number of aliphatic hydroxyl groups is 1. The molecule has 0 bridgehead atoms. The van der Waals surface area contributed by atoms with Gasteiger partial charge in [0.1, 0.15) is 5.76 Å². The lowest BCUT2D eigenvalue weighted by molar-refractivity contribution is 0.0660. The number of nitrogens with zero attached hydrogens (tertiary/aromatic N) is 2. The number of carbonyl (C=O) groups is 1. The van der Waals surface area contributed by atoms with Crippen molar-refractivity contribution in [2.75, 3.05) is 6.61 Å². The lowest BCUT2D eigenvalue weighted by Gasteiger charge is -2.12. The third kappa shape index (κ3) is 2.96. The van der Waals surface area contributed by atoms with Crippen LogP contribution in [0.5, 0.6) is 0 Å². The molecule has 0 atom stereocenters. The average molecular weight is 338 g/mol. The maximum atomic E-state index is 10.8. The van der Waals surface area contributed by atoms with Crippen LogP contribution < -0.4 is 0 Å². The van der Waals surface area contributed by atoms with E-state index in [1.165, 1.54) is 11.6 Å². The molecule has 6 heteroatoms. The summed E-state index contributed by atoms with van der Waals surface area (Å²) >= 11 is 0. The van der Waals surface area contributed by atoms with E-state index in [9.17, 15) is 9.90 Å². The van der Waals surface area contributed by atoms with Gasteiger partial charge in [-0.3, -0.25) is 4.68 Å². The van der Waals surface area contributed by atoms with Crippen molar-refractivity contribution in [2.45, 2.75) is 24.8 Å². The summed E-state index contributed by atoms with van der Waals surface area (Å²) in [5, 5.41) is 22.7. The van der Waals surface area contributed by atoms with Gasteiger partial charge in [0.05, 0.1) is 19.3 Å². The van der Waals surface area contributed by atoms with Crippen LogP contribution in [0.15, 0.2) is 53.2 Å². The second-order valence-corrected chi connectivity index (χ2v) is 6.51. The van der Waals surface area contributed by atoms with Crippen LogP contribution in [0.3, 0.4) is 0 Å². The predicted octanol–water partition coefficient (Wildman–Crippen LogP) is 2.91. The first-order valence-corrected chi connectivity index (χ1v) is 8.16. The minimum Gasteiger partial charge on any atom is -0.475 e. The van der Waals surface area contributed by atoms with Crippen LogP contribution in [-0.2, 0) is 12.0 Å². The van der Waals surface area contributed by atoms with Crippen molar-refractivity contribution >= 4 is 5.97 Å². The van der Waals surface area contributed by atoms with E-state index in [4.69, 9.17) is 9.52 Å². The van der Waals surface area contributed by atoms with Crippen molar-refractivity contribution in [1.82, 2.24) is 9.78 Å². The fourth-order valence-corrected chi connectivity index (χ4v) is 3.04. The number of aromatic carboxylic acids is 1. The maximum Gasteiger partial charge on any atom is 0.371 e. The summed E-state index contributed by atoms with van der Waals surface area (Å²) in [6, 6.07) is 11.3. The van der Waals surface area contributed by atoms with Gasteiger partial charge in [-0.25, -0.2) is 4.79 Å². The summed E-state index contributed by atoms with van der Waals surface area (Å²) < 4.78 is 6.96. The molecule has 1 saturated carbocycles. The molecule has 2 N–H and O–H groups in total. The molecular formula is C19H18N2O4. The average Bonchev–Trinajstić information content (AvgIpc) is 3.04. The smallest absolute Gasteiger partial charge is 0.371 e. The molecule has 1 aliphatic rings. The van der Waals surface area contributed by atoms with E-state index < -0.39 is 5.97 Å². The number of benzene rings is 1. The lowest BCUT2D eigenvalue weighted by atomic mass is 9.95. The molecule has 128 valence electrons. The Morgan fingerprint density at radius 3 is 2.52 bits per heavy atom. The number of carboxylic acid groups (broad SMARTS) is 1. The fourth-order valence-electron chi connectivity index (χ4n) is 3.04. The number of rotatable bonds is 6. The second-order valence-electron chi connectivity index (χ2n) is 6.51. The summed E-state index contributed by atoms with van der Waals surface area (Å²) in [5.41, 5.74) is 3.19. The van der Waals surface area contributed by atoms with E-state index in [1.807, 2.05) is 18.3 Å². The highest BCUT2D eigenvalue weighted by atomic mass is 16.4. The first-order chi connectivity index (χ1) is 12.1. The van der Waals surface area contributed by atoms with Gasteiger partial charge < -0.3 is 14.6 Å². The molecule has 1 aromatic carbocycles. The molecule has 1 fully saturated rings. The molecule has 0 amide bonds. The fraction of sp³-hybridized carbons (Fsp3) is 0.263. The van der Waals surface area contributed by atoms with Gasteiger partial charge in [-0.15, -0.1) is 0 Å². The van der Waals surface area contributed by atoms with Crippen molar-refractivity contribution in [1.29, 1.82) is 0 Å². The van der Waals surface area contributed by atoms with Gasteiger partial charge >= 0.3 is 5.97 Å². The molecule has 0 radical (unpaired) electrons. The summed E-state index contributed by atoms with van der Waals surface area (Å²) in [6.07, 6.45) is 5.76. The topological polar surface area (TPSA) is 88.5 Å².